The maximum Gasteiger partial charge on any atom is 0.338 e. The van der Waals surface area contributed by atoms with Gasteiger partial charge in [-0.1, -0.05) is 18.2 Å². The van der Waals surface area contributed by atoms with Gasteiger partial charge in [0.05, 0.1) is 24.3 Å². The lowest BCUT2D eigenvalue weighted by atomic mass is 10.1. The van der Waals surface area contributed by atoms with Crippen molar-refractivity contribution < 1.29 is 23.5 Å². The van der Waals surface area contributed by atoms with Crippen molar-refractivity contribution in [2.75, 3.05) is 17.2 Å². The van der Waals surface area contributed by atoms with Gasteiger partial charge in [0.15, 0.2) is 12.4 Å². The number of benzene rings is 2. The van der Waals surface area contributed by atoms with Crippen LogP contribution in [-0.2, 0) is 16.0 Å². The number of nitrogens with one attached hydrogen (secondary N) is 2. The number of amides is 2. The lowest BCUT2D eigenvalue weighted by Gasteiger charge is -2.10. The van der Waals surface area contributed by atoms with E-state index in [2.05, 4.69) is 10.6 Å². The normalized spacial score (nSPS) is 10.1. The molecule has 3 rings (SSSR count). The molecule has 2 amide bonds. The summed E-state index contributed by atoms with van der Waals surface area (Å²) >= 11 is 0. The van der Waals surface area contributed by atoms with Crippen molar-refractivity contribution in [3.05, 3.63) is 83.3 Å². The summed E-state index contributed by atoms with van der Waals surface area (Å²) in [5.41, 5.74) is 2.73. The van der Waals surface area contributed by atoms with Crippen LogP contribution in [0.3, 0.4) is 0 Å². The first-order valence-electron chi connectivity index (χ1n) is 9.34. The largest absolute Gasteiger partial charge is 0.459 e. The Morgan fingerprint density at radius 1 is 1.06 bits per heavy atom. The summed E-state index contributed by atoms with van der Waals surface area (Å²) in [6, 6.07) is 16.7. The third-order valence-corrected chi connectivity index (χ3v) is 4.32. The lowest BCUT2D eigenvalue weighted by molar-refractivity contribution is -0.119. The molecular weight excluding hydrogens is 398 g/mol. The van der Waals surface area contributed by atoms with Crippen LogP contribution in [0.25, 0.3) is 0 Å². The molecule has 8 heteroatoms. The van der Waals surface area contributed by atoms with Crippen LogP contribution in [0.15, 0.2) is 65.3 Å². The minimum Gasteiger partial charge on any atom is -0.459 e. The van der Waals surface area contributed by atoms with Gasteiger partial charge in [0, 0.05) is 11.4 Å². The molecule has 0 aliphatic heterocycles. The topological polar surface area (TPSA) is 121 Å². The fourth-order valence-electron chi connectivity index (χ4n) is 2.68. The zero-order valence-electron chi connectivity index (χ0n) is 16.7. The number of nitriles is 1. The van der Waals surface area contributed by atoms with Crippen LogP contribution >= 0.6 is 0 Å². The second kappa shape index (κ2) is 9.89. The average Bonchev–Trinajstić information content (AvgIpc) is 3.30. The molecule has 3 aromatic rings. The summed E-state index contributed by atoms with van der Waals surface area (Å²) in [4.78, 5) is 36.5. The van der Waals surface area contributed by atoms with Crippen LogP contribution in [0.4, 0.5) is 11.4 Å². The van der Waals surface area contributed by atoms with Crippen molar-refractivity contribution in [2.24, 2.45) is 0 Å². The Balaban J connectivity index is 1.56. The third-order valence-electron chi connectivity index (χ3n) is 4.32. The number of hydrogen-bond donors (Lipinski definition) is 2. The molecule has 0 saturated carbocycles. The van der Waals surface area contributed by atoms with Crippen molar-refractivity contribution in [3.8, 4) is 6.07 Å². The number of carbonyl (C=O) groups excluding carboxylic acids is 3. The predicted molar refractivity (Wildman–Crippen MR) is 113 cm³/mol. The molecule has 0 fully saturated rings. The van der Waals surface area contributed by atoms with Crippen molar-refractivity contribution in [3.63, 3.8) is 0 Å². The number of ether oxygens (including phenoxy) is 1. The van der Waals surface area contributed by atoms with E-state index in [-0.39, 0.29) is 17.7 Å². The highest BCUT2D eigenvalue weighted by Gasteiger charge is 2.15. The molecule has 1 heterocycles. The van der Waals surface area contributed by atoms with Crippen molar-refractivity contribution in [2.45, 2.75) is 13.3 Å². The summed E-state index contributed by atoms with van der Waals surface area (Å²) < 4.78 is 10.1. The minimum absolute atomic E-state index is 0.143. The number of aryl methyl sites for hydroxylation is 1. The van der Waals surface area contributed by atoms with Gasteiger partial charge in [0.2, 0.25) is 0 Å². The quantitative estimate of drug-likeness (QED) is 0.565. The average molecular weight is 417 g/mol. The van der Waals surface area contributed by atoms with E-state index in [4.69, 9.17) is 14.4 Å². The van der Waals surface area contributed by atoms with Gasteiger partial charge < -0.3 is 19.8 Å². The summed E-state index contributed by atoms with van der Waals surface area (Å²) in [6.07, 6.45) is 1.67. The highest BCUT2D eigenvalue weighted by atomic mass is 16.5. The highest BCUT2D eigenvalue weighted by molar-refractivity contribution is 6.03. The molecule has 0 bridgehead atoms. The fraction of sp³-hybridized carbons (Fsp3) is 0.130. The van der Waals surface area contributed by atoms with Gasteiger partial charge in [-0.05, 0) is 54.4 Å². The number of anilines is 2. The second-order valence-electron chi connectivity index (χ2n) is 6.62. The Morgan fingerprint density at radius 2 is 1.84 bits per heavy atom. The maximum absolute atomic E-state index is 12.3. The Morgan fingerprint density at radius 3 is 2.52 bits per heavy atom. The SMILES string of the molecule is Cc1ccc(C(=O)OCC(=O)Nc2ccc(CC#N)cc2)cc1NC(=O)c1ccco1. The molecule has 31 heavy (non-hydrogen) atoms. The molecule has 0 spiro atoms. The van der Waals surface area contributed by atoms with Gasteiger partial charge in [-0.2, -0.15) is 5.26 Å². The van der Waals surface area contributed by atoms with Crippen LogP contribution < -0.4 is 10.6 Å². The summed E-state index contributed by atoms with van der Waals surface area (Å²) in [7, 11) is 0. The van der Waals surface area contributed by atoms with E-state index in [0.717, 1.165) is 11.1 Å². The van der Waals surface area contributed by atoms with Crippen LogP contribution in [0.1, 0.15) is 32.0 Å². The number of rotatable bonds is 7. The van der Waals surface area contributed by atoms with E-state index in [9.17, 15) is 14.4 Å². The Labute approximate surface area is 178 Å². The van der Waals surface area contributed by atoms with E-state index in [0.29, 0.717) is 11.4 Å². The van der Waals surface area contributed by atoms with E-state index in [1.807, 2.05) is 6.07 Å². The van der Waals surface area contributed by atoms with E-state index in [1.165, 1.54) is 18.4 Å². The van der Waals surface area contributed by atoms with Crippen LogP contribution in [0.5, 0.6) is 0 Å². The van der Waals surface area contributed by atoms with E-state index >= 15 is 0 Å². The first-order valence-corrected chi connectivity index (χ1v) is 9.34. The molecule has 8 nitrogen and oxygen atoms in total. The Kier molecular flexibility index (Phi) is 6.81. The van der Waals surface area contributed by atoms with Crippen LogP contribution in [0, 0.1) is 18.3 Å². The molecule has 2 aromatic carbocycles. The number of carbonyl (C=O) groups is 3. The van der Waals surface area contributed by atoms with E-state index < -0.39 is 24.4 Å². The molecule has 0 aliphatic rings. The third kappa shape index (κ3) is 5.81. The molecule has 0 unspecified atom stereocenters. The number of furan rings is 1. The Hall–Kier alpha value is -4.38. The van der Waals surface area contributed by atoms with Gasteiger partial charge in [0.25, 0.3) is 11.8 Å². The van der Waals surface area contributed by atoms with Crippen molar-refractivity contribution in [1.82, 2.24) is 0 Å². The van der Waals surface area contributed by atoms with Crippen molar-refractivity contribution >= 4 is 29.2 Å². The summed E-state index contributed by atoms with van der Waals surface area (Å²) in [6.45, 7) is 1.31. The predicted octanol–water partition coefficient (Wildman–Crippen LogP) is 3.70. The molecule has 1 aromatic heterocycles. The molecular formula is C23H19N3O5. The monoisotopic (exact) mass is 417 g/mol. The number of hydrogen-bond acceptors (Lipinski definition) is 6. The minimum atomic E-state index is -0.701. The smallest absolute Gasteiger partial charge is 0.338 e. The molecule has 0 aliphatic carbocycles. The van der Waals surface area contributed by atoms with Gasteiger partial charge in [0.1, 0.15) is 0 Å². The zero-order valence-corrected chi connectivity index (χ0v) is 16.7. The molecule has 0 saturated heterocycles. The van der Waals surface area contributed by atoms with Crippen LogP contribution in [-0.4, -0.2) is 24.4 Å². The summed E-state index contributed by atoms with van der Waals surface area (Å²) in [5, 5.41) is 14.0. The first kappa shape index (κ1) is 21.3. The zero-order chi connectivity index (χ0) is 22.2. The molecule has 2 N–H and O–H groups in total. The van der Waals surface area contributed by atoms with Crippen molar-refractivity contribution in [1.29, 1.82) is 5.26 Å². The van der Waals surface area contributed by atoms with Gasteiger partial charge in [-0.15, -0.1) is 0 Å². The van der Waals surface area contributed by atoms with E-state index in [1.54, 1.807) is 49.4 Å². The first-order chi connectivity index (χ1) is 15.0. The number of nitrogens with zero attached hydrogens (tertiary/aromatic N) is 1. The maximum atomic E-state index is 12.3. The molecule has 0 radical (unpaired) electrons. The van der Waals surface area contributed by atoms with Gasteiger partial charge >= 0.3 is 5.97 Å². The van der Waals surface area contributed by atoms with Crippen LogP contribution in [0.2, 0.25) is 0 Å². The molecule has 156 valence electrons. The Bertz CT molecular complexity index is 1130. The standard InChI is InChI=1S/C23H19N3O5/c1-15-4-7-17(13-19(15)26-22(28)20-3-2-12-30-20)23(29)31-14-21(27)25-18-8-5-16(6-9-18)10-11-24/h2-9,12-13H,10,14H2,1H3,(H,25,27)(H,26,28). The number of esters is 1. The van der Waals surface area contributed by atoms with Gasteiger partial charge in [-0.25, -0.2) is 4.79 Å². The highest BCUT2D eigenvalue weighted by Crippen LogP contribution is 2.19. The second-order valence-corrected chi connectivity index (χ2v) is 6.62. The summed E-state index contributed by atoms with van der Waals surface area (Å²) in [5.74, 6) is -1.50. The fourth-order valence-corrected chi connectivity index (χ4v) is 2.68. The molecule has 0 atom stereocenters. The van der Waals surface area contributed by atoms with Gasteiger partial charge in [-0.3, -0.25) is 9.59 Å². The lowest BCUT2D eigenvalue weighted by Crippen LogP contribution is -2.21.